The summed E-state index contributed by atoms with van der Waals surface area (Å²) in [5, 5.41) is 17.9. The highest BCUT2D eigenvalue weighted by molar-refractivity contribution is 5.95. The van der Waals surface area contributed by atoms with Crippen molar-refractivity contribution in [3.8, 4) is 0 Å². The molecule has 0 saturated heterocycles. The number of carbonyl (C=O) groups is 1. The van der Waals surface area contributed by atoms with Gasteiger partial charge in [0.05, 0.1) is 13.2 Å². The second kappa shape index (κ2) is 7.81. The molecule has 4 N–H and O–H groups in total. The van der Waals surface area contributed by atoms with Crippen LogP contribution in [-0.4, -0.2) is 53.9 Å². The summed E-state index contributed by atoms with van der Waals surface area (Å²) < 4.78 is 0. The van der Waals surface area contributed by atoms with Gasteiger partial charge >= 0.3 is 0 Å². The van der Waals surface area contributed by atoms with Gasteiger partial charge in [-0.2, -0.15) is 0 Å². The number of nitrogens with zero attached hydrogens (tertiary/aromatic N) is 1. The van der Waals surface area contributed by atoms with Crippen LogP contribution in [0.25, 0.3) is 0 Å². The quantitative estimate of drug-likeness (QED) is 0.617. The fourth-order valence-electron chi connectivity index (χ4n) is 1.83. The van der Waals surface area contributed by atoms with Crippen LogP contribution in [0.15, 0.2) is 24.3 Å². The maximum atomic E-state index is 12.3. The molecule has 0 radical (unpaired) electrons. The molecule has 0 spiro atoms. The molecule has 5 nitrogen and oxygen atoms in total. The lowest BCUT2D eigenvalue weighted by atomic mass is 10.0. The molecule has 1 aromatic rings. The van der Waals surface area contributed by atoms with Gasteiger partial charge in [0.25, 0.3) is 5.91 Å². The molecule has 1 amide bonds. The zero-order chi connectivity index (χ0) is 13.4. The van der Waals surface area contributed by atoms with Crippen molar-refractivity contribution in [2.24, 2.45) is 5.73 Å². The molecule has 5 heteroatoms. The van der Waals surface area contributed by atoms with Gasteiger partial charge in [-0.15, -0.1) is 0 Å². The molecule has 0 aliphatic rings. The first-order chi connectivity index (χ1) is 8.74. The summed E-state index contributed by atoms with van der Waals surface area (Å²) in [6, 6.07) is 7.28. The van der Waals surface area contributed by atoms with E-state index in [4.69, 9.17) is 15.9 Å². The molecule has 0 atom stereocenters. The number of hydrogen-bond acceptors (Lipinski definition) is 4. The maximum Gasteiger partial charge on any atom is 0.254 e. The summed E-state index contributed by atoms with van der Waals surface area (Å²) in [6.45, 7) is 0.673. The largest absolute Gasteiger partial charge is 0.395 e. The van der Waals surface area contributed by atoms with E-state index in [0.717, 1.165) is 5.56 Å². The van der Waals surface area contributed by atoms with Crippen molar-refractivity contribution in [3.63, 3.8) is 0 Å². The lowest BCUT2D eigenvalue weighted by Crippen LogP contribution is -2.36. The number of benzene rings is 1. The third-order valence-corrected chi connectivity index (χ3v) is 2.69. The minimum atomic E-state index is -0.179. The number of rotatable bonds is 7. The molecule has 0 fully saturated rings. The number of nitrogens with two attached hydrogens (primary N) is 1. The van der Waals surface area contributed by atoms with Gasteiger partial charge < -0.3 is 20.8 Å². The first-order valence-electron chi connectivity index (χ1n) is 6.03. The van der Waals surface area contributed by atoms with Crippen molar-refractivity contribution < 1.29 is 15.0 Å². The zero-order valence-corrected chi connectivity index (χ0v) is 10.4. The van der Waals surface area contributed by atoms with Gasteiger partial charge in [-0.25, -0.2) is 0 Å². The van der Waals surface area contributed by atoms with E-state index in [-0.39, 0.29) is 32.2 Å². The van der Waals surface area contributed by atoms with E-state index in [1.165, 1.54) is 4.90 Å². The first-order valence-corrected chi connectivity index (χ1v) is 6.03. The SMILES string of the molecule is NCCc1ccccc1C(=O)N(CCO)CCO. The number of carbonyl (C=O) groups excluding carboxylic acids is 1. The van der Waals surface area contributed by atoms with E-state index in [1.807, 2.05) is 12.1 Å². The minimum Gasteiger partial charge on any atom is -0.395 e. The topological polar surface area (TPSA) is 86.8 Å². The average Bonchev–Trinajstić information content (AvgIpc) is 2.39. The van der Waals surface area contributed by atoms with Crippen molar-refractivity contribution in [1.82, 2.24) is 4.90 Å². The summed E-state index contributed by atoms with van der Waals surface area (Å²) in [4.78, 5) is 13.7. The van der Waals surface area contributed by atoms with E-state index in [1.54, 1.807) is 12.1 Å². The molecule has 0 aliphatic carbocycles. The Bertz CT molecular complexity index is 376. The van der Waals surface area contributed by atoms with Gasteiger partial charge in [-0.3, -0.25) is 4.79 Å². The van der Waals surface area contributed by atoms with Crippen molar-refractivity contribution in [1.29, 1.82) is 0 Å². The van der Waals surface area contributed by atoms with Crippen LogP contribution in [-0.2, 0) is 6.42 Å². The lowest BCUT2D eigenvalue weighted by Gasteiger charge is -2.22. The monoisotopic (exact) mass is 252 g/mol. The van der Waals surface area contributed by atoms with Crippen LogP contribution < -0.4 is 5.73 Å². The number of amides is 1. The van der Waals surface area contributed by atoms with Gasteiger partial charge in [0, 0.05) is 18.7 Å². The summed E-state index contributed by atoms with van der Waals surface area (Å²) >= 11 is 0. The van der Waals surface area contributed by atoms with Crippen molar-refractivity contribution in [3.05, 3.63) is 35.4 Å². The normalized spacial score (nSPS) is 10.4. The zero-order valence-electron chi connectivity index (χ0n) is 10.4. The molecule has 0 unspecified atom stereocenters. The van der Waals surface area contributed by atoms with Crippen LogP contribution in [0.5, 0.6) is 0 Å². The molecule has 1 aromatic carbocycles. The third-order valence-electron chi connectivity index (χ3n) is 2.69. The number of aliphatic hydroxyl groups is 2. The van der Waals surface area contributed by atoms with Gasteiger partial charge in [0.15, 0.2) is 0 Å². The average molecular weight is 252 g/mol. The molecule has 0 saturated carbocycles. The fourth-order valence-corrected chi connectivity index (χ4v) is 1.83. The number of aliphatic hydroxyl groups excluding tert-OH is 2. The maximum absolute atomic E-state index is 12.3. The summed E-state index contributed by atoms with van der Waals surface area (Å²) in [5.41, 5.74) is 7.00. The standard InChI is InChI=1S/C13H20N2O3/c14-6-5-11-3-1-2-4-12(11)13(18)15(7-9-16)8-10-17/h1-4,16-17H,5-10,14H2. The smallest absolute Gasteiger partial charge is 0.254 e. The van der Waals surface area contributed by atoms with E-state index < -0.39 is 0 Å². The fraction of sp³-hybridized carbons (Fsp3) is 0.462. The van der Waals surface area contributed by atoms with Crippen LogP contribution >= 0.6 is 0 Å². The van der Waals surface area contributed by atoms with Crippen molar-refractivity contribution >= 4 is 5.91 Å². The minimum absolute atomic E-state index is 0.120. The predicted octanol–water partition coefficient (Wildman–Crippen LogP) is -0.385. The molecular formula is C13H20N2O3. The second-order valence-corrected chi connectivity index (χ2v) is 3.94. The van der Waals surface area contributed by atoms with E-state index in [2.05, 4.69) is 0 Å². The van der Waals surface area contributed by atoms with Crippen molar-refractivity contribution in [2.75, 3.05) is 32.8 Å². The third kappa shape index (κ3) is 3.80. The summed E-state index contributed by atoms with van der Waals surface area (Å²) in [6.07, 6.45) is 0.633. The molecule has 18 heavy (non-hydrogen) atoms. The lowest BCUT2D eigenvalue weighted by molar-refractivity contribution is 0.0683. The Balaban J connectivity index is 2.92. The Kier molecular flexibility index (Phi) is 6.35. The van der Waals surface area contributed by atoms with Gasteiger partial charge in [-0.1, -0.05) is 18.2 Å². The summed E-state index contributed by atoms with van der Waals surface area (Å²) in [7, 11) is 0. The van der Waals surface area contributed by atoms with Crippen LogP contribution in [0.3, 0.4) is 0 Å². The molecule has 0 aromatic heterocycles. The van der Waals surface area contributed by atoms with Crippen LogP contribution in [0.4, 0.5) is 0 Å². The Morgan fingerprint density at radius 3 is 2.33 bits per heavy atom. The highest BCUT2D eigenvalue weighted by Crippen LogP contribution is 2.12. The van der Waals surface area contributed by atoms with E-state index >= 15 is 0 Å². The van der Waals surface area contributed by atoms with Crippen LogP contribution in [0.2, 0.25) is 0 Å². The Hall–Kier alpha value is -1.43. The van der Waals surface area contributed by atoms with E-state index in [0.29, 0.717) is 18.5 Å². The van der Waals surface area contributed by atoms with Crippen LogP contribution in [0.1, 0.15) is 15.9 Å². The van der Waals surface area contributed by atoms with E-state index in [9.17, 15) is 4.79 Å². The molecule has 100 valence electrons. The molecule has 0 aliphatic heterocycles. The highest BCUT2D eigenvalue weighted by Gasteiger charge is 2.17. The Labute approximate surface area is 107 Å². The molecule has 0 bridgehead atoms. The highest BCUT2D eigenvalue weighted by atomic mass is 16.3. The Morgan fingerprint density at radius 1 is 1.17 bits per heavy atom. The summed E-state index contributed by atoms with van der Waals surface area (Å²) in [5.74, 6) is -0.179. The van der Waals surface area contributed by atoms with Crippen molar-refractivity contribution in [2.45, 2.75) is 6.42 Å². The first kappa shape index (κ1) is 14.6. The van der Waals surface area contributed by atoms with Gasteiger partial charge in [-0.05, 0) is 24.6 Å². The molecule has 0 heterocycles. The number of hydrogen-bond donors (Lipinski definition) is 3. The molecule has 1 rings (SSSR count). The van der Waals surface area contributed by atoms with Gasteiger partial charge in [0.2, 0.25) is 0 Å². The Morgan fingerprint density at radius 2 is 1.78 bits per heavy atom. The van der Waals surface area contributed by atoms with Gasteiger partial charge in [0.1, 0.15) is 0 Å². The van der Waals surface area contributed by atoms with Crippen LogP contribution in [0, 0.1) is 0 Å². The second-order valence-electron chi connectivity index (χ2n) is 3.94. The molecular weight excluding hydrogens is 232 g/mol. The predicted molar refractivity (Wildman–Crippen MR) is 69.3 cm³/mol.